The first-order chi connectivity index (χ1) is 8.47. The van der Waals surface area contributed by atoms with Crippen LogP contribution in [0.2, 0.25) is 5.02 Å². The minimum atomic E-state index is -0.495. The van der Waals surface area contributed by atoms with Crippen molar-refractivity contribution in [3.05, 3.63) is 50.5 Å². The number of aromatic nitrogens is 3. The SMILES string of the molecule is Cc1nc(C)n(Cc2ccc(Cl)c([N+](=O)[O-])c2)n1. The van der Waals surface area contributed by atoms with Crippen LogP contribution in [0.5, 0.6) is 0 Å². The van der Waals surface area contributed by atoms with Gasteiger partial charge < -0.3 is 0 Å². The number of hydrogen-bond acceptors (Lipinski definition) is 4. The summed E-state index contributed by atoms with van der Waals surface area (Å²) in [5, 5.41) is 15.1. The molecule has 94 valence electrons. The summed E-state index contributed by atoms with van der Waals surface area (Å²) in [6, 6.07) is 4.72. The van der Waals surface area contributed by atoms with Crippen LogP contribution in [-0.2, 0) is 6.54 Å². The van der Waals surface area contributed by atoms with Crippen molar-refractivity contribution < 1.29 is 4.92 Å². The Bertz CT molecular complexity index is 609. The highest BCUT2D eigenvalue weighted by Crippen LogP contribution is 2.25. The topological polar surface area (TPSA) is 73.8 Å². The van der Waals surface area contributed by atoms with Gasteiger partial charge in [0.1, 0.15) is 16.7 Å². The lowest BCUT2D eigenvalue weighted by atomic mass is 10.2. The predicted octanol–water partition coefficient (Wildman–Crippen LogP) is 2.50. The molecule has 6 nitrogen and oxygen atoms in total. The van der Waals surface area contributed by atoms with Crippen molar-refractivity contribution in [1.29, 1.82) is 0 Å². The first-order valence-electron chi connectivity index (χ1n) is 5.28. The zero-order valence-corrected chi connectivity index (χ0v) is 10.7. The van der Waals surface area contributed by atoms with E-state index < -0.39 is 4.92 Å². The Hall–Kier alpha value is -1.95. The summed E-state index contributed by atoms with van der Waals surface area (Å²) >= 11 is 5.75. The van der Waals surface area contributed by atoms with Gasteiger partial charge >= 0.3 is 0 Å². The van der Waals surface area contributed by atoms with Crippen LogP contribution < -0.4 is 0 Å². The second kappa shape index (κ2) is 4.73. The van der Waals surface area contributed by atoms with Gasteiger partial charge in [-0.3, -0.25) is 10.1 Å². The Balaban J connectivity index is 2.32. The minimum Gasteiger partial charge on any atom is -0.258 e. The van der Waals surface area contributed by atoms with Gasteiger partial charge in [-0.25, -0.2) is 9.67 Å². The lowest BCUT2D eigenvalue weighted by Gasteiger charge is -2.04. The van der Waals surface area contributed by atoms with Gasteiger partial charge in [0.2, 0.25) is 0 Å². The molecule has 2 aromatic rings. The van der Waals surface area contributed by atoms with Crippen LogP contribution in [0.4, 0.5) is 5.69 Å². The van der Waals surface area contributed by atoms with E-state index in [4.69, 9.17) is 11.6 Å². The summed E-state index contributed by atoms with van der Waals surface area (Å²) in [4.78, 5) is 14.5. The van der Waals surface area contributed by atoms with Crippen molar-refractivity contribution in [2.75, 3.05) is 0 Å². The molecule has 0 bridgehead atoms. The average Bonchev–Trinajstić information content (AvgIpc) is 2.60. The molecule has 0 aliphatic heterocycles. The molecule has 0 atom stereocenters. The van der Waals surface area contributed by atoms with Crippen molar-refractivity contribution in [2.24, 2.45) is 0 Å². The van der Waals surface area contributed by atoms with Gasteiger partial charge in [-0.15, -0.1) is 0 Å². The Morgan fingerprint density at radius 3 is 2.72 bits per heavy atom. The number of nitrogens with zero attached hydrogens (tertiary/aromatic N) is 4. The van der Waals surface area contributed by atoms with Gasteiger partial charge in [0.15, 0.2) is 0 Å². The van der Waals surface area contributed by atoms with Gasteiger partial charge in [-0.2, -0.15) is 5.10 Å². The monoisotopic (exact) mass is 266 g/mol. The molecule has 0 N–H and O–H groups in total. The van der Waals surface area contributed by atoms with Gasteiger partial charge in [-0.1, -0.05) is 17.7 Å². The molecule has 1 aromatic heterocycles. The third kappa shape index (κ3) is 2.48. The zero-order chi connectivity index (χ0) is 13.3. The zero-order valence-electron chi connectivity index (χ0n) is 9.92. The van der Waals surface area contributed by atoms with Crippen molar-refractivity contribution in [1.82, 2.24) is 14.8 Å². The maximum atomic E-state index is 10.8. The Morgan fingerprint density at radius 1 is 1.44 bits per heavy atom. The molecule has 0 saturated carbocycles. The molecule has 0 amide bonds. The first kappa shape index (κ1) is 12.5. The smallest absolute Gasteiger partial charge is 0.258 e. The molecule has 1 aromatic carbocycles. The highest BCUT2D eigenvalue weighted by atomic mass is 35.5. The molecular formula is C11H11ClN4O2. The van der Waals surface area contributed by atoms with Crippen molar-refractivity contribution >= 4 is 17.3 Å². The molecule has 0 aliphatic rings. The van der Waals surface area contributed by atoms with Crippen LogP contribution in [0, 0.1) is 24.0 Å². The summed E-state index contributed by atoms with van der Waals surface area (Å²) in [5.74, 6) is 1.45. The van der Waals surface area contributed by atoms with Crippen LogP contribution in [0.1, 0.15) is 17.2 Å². The summed E-state index contributed by atoms with van der Waals surface area (Å²) in [6.45, 7) is 4.07. The van der Waals surface area contributed by atoms with E-state index >= 15 is 0 Å². The van der Waals surface area contributed by atoms with E-state index in [9.17, 15) is 10.1 Å². The van der Waals surface area contributed by atoms with E-state index in [1.54, 1.807) is 17.7 Å². The van der Waals surface area contributed by atoms with E-state index in [-0.39, 0.29) is 10.7 Å². The molecule has 0 aliphatic carbocycles. The lowest BCUT2D eigenvalue weighted by Crippen LogP contribution is -2.04. The first-order valence-corrected chi connectivity index (χ1v) is 5.66. The predicted molar refractivity (Wildman–Crippen MR) is 66.7 cm³/mol. The Kier molecular flexibility index (Phi) is 3.29. The molecular weight excluding hydrogens is 256 g/mol. The van der Waals surface area contributed by atoms with E-state index in [2.05, 4.69) is 10.1 Å². The lowest BCUT2D eigenvalue weighted by molar-refractivity contribution is -0.384. The molecule has 1 heterocycles. The molecule has 0 spiro atoms. The van der Waals surface area contributed by atoms with Crippen molar-refractivity contribution in [3.63, 3.8) is 0 Å². The molecule has 7 heteroatoms. The Morgan fingerprint density at radius 2 is 2.17 bits per heavy atom. The van der Waals surface area contributed by atoms with Gasteiger partial charge in [0.05, 0.1) is 11.5 Å². The number of nitro benzene ring substituents is 1. The normalized spacial score (nSPS) is 10.6. The molecule has 0 saturated heterocycles. The highest BCUT2D eigenvalue weighted by Gasteiger charge is 2.13. The molecule has 2 rings (SSSR count). The van der Waals surface area contributed by atoms with Crippen LogP contribution in [0.3, 0.4) is 0 Å². The third-order valence-corrected chi connectivity index (χ3v) is 2.82. The van der Waals surface area contributed by atoms with Crippen LogP contribution in [0.25, 0.3) is 0 Å². The van der Waals surface area contributed by atoms with E-state index in [0.29, 0.717) is 12.4 Å². The summed E-state index contributed by atoms with van der Waals surface area (Å²) in [7, 11) is 0. The fourth-order valence-corrected chi connectivity index (χ4v) is 1.87. The number of rotatable bonds is 3. The maximum absolute atomic E-state index is 10.8. The standard InChI is InChI=1S/C11H11ClN4O2/c1-7-13-8(2)15(14-7)6-9-3-4-10(12)11(5-9)16(17)18/h3-5H,6H2,1-2H3. The van der Waals surface area contributed by atoms with Gasteiger partial charge in [0.25, 0.3) is 5.69 Å². The molecule has 0 unspecified atom stereocenters. The van der Waals surface area contributed by atoms with Crippen LogP contribution >= 0.6 is 11.6 Å². The summed E-state index contributed by atoms with van der Waals surface area (Å²) in [6.07, 6.45) is 0. The molecule has 0 fully saturated rings. The average molecular weight is 267 g/mol. The second-order valence-corrected chi connectivity index (χ2v) is 4.31. The second-order valence-electron chi connectivity index (χ2n) is 3.91. The van der Waals surface area contributed by atoms with Gasteiger partial charge in [-0.05, 0) is 25.5 Å². The fourth-order valence-electron chi connectivity index (χ4n) is 1.68. The summed E-state index contributed by atoms with van der Waals surface area (Å²) in [5.41, 5.74) is 0.669. The number of halogens is 1. The number of benzene rings is 1. The number of aryl methyl sites for hydroxylation is 2. The van der Waals surface area contributed by atoms with E-state index in [0.717, 1.165) is 11.4 Å². The largest absolute Gasteiger partial charge is 0.288 e. The van der Waals surface area contributed by atoms with Crippen molar-refractivity contribution in [2.45, 2.75) is 20.4 Å². The maximum Gasteiger partial charge on any atom is 0.288 e. The van der Waals surface area contributed by atoms with E-state index in [1.807, 2.05) is 6.92 Å². The number of hydrogen-bond donors (Lipinski definition) is 0. The Labute approximate surface area is 108 Å². The minimum absolute atomic E-state index is 0.0938. The van der Waals surface area contributed by atoms with E-state index in [1.165, 1.54) is 12.1 Å². The third-order valence-electron chi connectivity index (χ3n) is 2.50. The van der Waals surface area contributed by atoms with Crippen LogP contribution in [0.15, 0.2) is 18.2 Å². The highest BCUT2D eigenvalue weighted by molar-refractivity contribution is 6.32. The number of nitro groups is 1. The van der Waals surface area contributed by atoms with Gasteiger partial charge in [0, 0.05) is 6.07 Å². The fraction of sp³-hybridized carbons (Fsp3) is 0.273. The molecule has 18 heavy (non-hydrogen) atoms. The summed E-state index contributed by atoms with van der Waals surface area (Å²) < 4.78 is 1.70. The van der Waals surface area contributed by atoms with Crippen LogP contribution in [-0.4, -0.2) is 19.7 Å². The quantitative estimate of drug-likeness (QED) is 0.632. The molecule has 0 radical (unpaired) electrons. The van der Waals surface area contributed by atoms with Crippen molar-refractivity contribution in [3.8, 4) is 0 Å².